The molecule has 1 aliphatic rings. The van der Waals surface area contributed by atoms with E-state index in [1.807, 2.05) is 0 Å². The third-order valence-electron chi connectivity index (χ3n) is 4.30. The van der Waals surface area contributed by atoms with E-state index in [0.717, 1.165) is 37.3 Å². The Labute approximate surface area is 145 Å². The quantitative estimate of drug-likeness (QED) is 0.862. The molecular weight excluding hydrogens is 325 g/mol. The Hall–Kier alpha value is -2.25. The largest absolute Gasteiger partial charge is 0.494 e. The molecule has 6 nitrogen and oxygen atoms in total. The molecule has 3 rings (SSSR count). The van der Waals surface area contributed by atoms with Gasteiger partial charge in [-0.05, 0) is 30.5 Å². The van der Waals surface area contributed by atoms with Gasteiger partial charge in [0.1, 0.15) is 0 Å². The van der Waals surface area contributed by atoms with Crippen molar-refractivity contribution in [3.8, 4) is 5.75 Å². The number of methoxy groups -OCH3 is 1. The number of aromatic nitrogens is 2. The summed E-state index contributed by atoms with van der Waals surface area (Å²) in [6.45, 7) is 3.01. The van der Waals surface area contributed by atoms with Gasteiger partial charge in [-0.15, -0.1) is 0 Å². The number of hydrogen-bond donors (Lipinski definition) is 1. The predicted octanol–water partition coefficient (Wildman–Crippen LogP) is 1.75. The molecule has 1 saturated heterocycles. The molecule has 134 valence electrons. The monoisotopic (exact) mass is 347 g/mol. The molecule has 1 atom stereocenters. The van der Waals surface area contributed by atoms with Crippen LogP contribution in [0.1, 0.15) is 17.7 Å². The highest BCUT2D eigenvalue weighted by atomic mass is 19.1. The van der Waals surface area contributed by atoms with E-state index in [1.165, 1.54) is 25.6 Å². The fourth-order valence-electron chi connectivity index (χ4n) is 3.01. The summed E-state index contributed by atoms with van der Waals surface area (Å²) in [5, 5.41) is 0. The van der Waals surface area contributed by atoms with Crippen molar-refractivity contribution in [1.82, 2.24) is 14.9 Å². The number of ether oxygens (including phenoxy) is 2. The average Bonchev–Trinajstić information content (AvgIpc) is 2.62. The zero-order chi connectivity index (χ0) is 17.6. The zero-order valence-electron chi connectivity index (χ0n) is 14.2. The minimum atomic E-state index is -0.351. The van der Waals surface area contributed by atoms with Crippen LogP contribution in [-0.2, 0) is 17.7 Å². The Morgan fingerprint density at radius 1 is 1.44 bits per heavy atom. The number of halogens is 1. The highest BCUT2D eigenvalue weighted by molar-refractivity contribution is 5.30. The molecule has 1 fully saturated rings. The zero-order valence-corrected chi connectivity index (χ0v) is 14.2. The van der Waals surface area contributed by atoms with Crippen LogP contribution >= 0.6 is 0 Å². The van der Waals surface area contributed by atoms with Crippen molar-refractivity contribution in [3.63, 3.8) is 0 Å². The first-order valence-corrected chi connectivity index (χ1v) is 8.34. The molecule has 1 unspecified atom stereocenters. The van der Waals surface area contributed by atoms with Crippen LogP contribution in [0, 0.1) is 5.82 Å². The van der Waals surface area contributed by atoms with Crippen molar-refractivity contribution in [2.45, 2.75) is 25.5 Å². The number of benzene rings is 1. The summed E-state index contributed by atoms with van der Waals surface area (Å²) in [7, 11) is 1.47. The highest BCUT2D eigenvalue weighted by Crippen LogP contribution is 2.20. The normalized spacial score (nSPS) is 18.2. The number of morpholine rings is 1. The van der Waals surface area contributed by atoms with Gasteiger partial charge in [-0.25, -0.2) is 9.37 Å². The number of hydrogen-bond acceptors (Lipinski definition) is 5. The van der Waals surface area contributed by atoms with Crippen LogP contribution in [-0.4, -0.2) is 47.8 Å². The maximum absolute atomic E-state index is 13.5. The fourth-order valence-corrected chi connectivity index (χ4v) is 3.01. The summed E-state index contributed by atoms with van der Waals surface area (Å²) in [6.07, 6.45) is 3.03. The second kappa shape index (κ2) is 8.22. The molecule has 25 heavy (non-hydrogen) atoms. The van der Waals surface area contributed by atoms with Crippen molar-refractivity contribution in [3.05, 3.63) is 58.0 Å². The molecule has 1 aliphatic heterocycles. The number of rotatable bonds is 6. The van der Waals surface area contributed by atoms with Gasteiger partial charge in [0.15, 0.2) is 11.6 Å². The van der Waals surface area contributed by atoms with E-state index in [4.69, 9.17) is 9.47 Å². The lowest BCUT2D eigenvalue weighted by Crippen LogP contribution is -2.42. The van der Waals surface area contributed by atoms with Gasteiger partial charge < -0.3 is 14.5 Å². The number of aryl methyl sites for hydroxylation is 1. The van der Waals surface area contributed by atoms with Gasteiger partial charge in [-0.1, -0.05) is 6.07 Å². The van der Waals surface area contributed by atoms with E-state index < -0.39 is 0 Å². The van der Waals surface area contributed by atoms with Crippen LogP contribution in [0.4, 0.5) is 4.39 Å². The summed E-state index contributed by atoms with van der Waals surface area (Å²) in [5.74, 6) is -0.0841. The van der Waals surface area contributed by atoms with Crippen LogP contribution in [0.5, 0.6) is 5.75 Å². The van der Waals surface area contributed by atoms with E-state index in [9.17, 15) is 9.18 Å². The Morgan fingerprint density at radius 3 is 3.12 bits per heavy atom. The Morgan fingerprint density at radius 2 is 2.32 bits per heavy atom. The van der Waals surface area contributed by atoms with Crippen LogP contribution in [0.2, 0.25) is 0 Å². The van der Waals surface area contributed by atoms with Crippen molar-refractivity contribution < 1.29 is 13.9 Å². The van der Waals surface area contributed by atoms with E-state index in [1.54, 1.807) is 12.1 Å². The third-order valence-corrected chi connectivity index (χ3v) is 4.30. The van der Waals surface area contributed by atoms with Crippen molar-refractivity contribution in [1.29, 1.82) is 0 Å². The maximum Gasteiger partial charge on any atom is 0.250 e. The first kappa shape index (κ1) is 17.6. The molecule has 0 radical (unpaired) electrons. The van der Waals surface area contributed by atoms with Gasteiger partial charge in [0.2, 0.25) is 0 Å². The molecule has 1 N–H and O–H groups in total. The van der Waals surface area contributed by atoms with Gasteiger partial charge >= 0.3 is 0 Å². The molecule has 0 amide bonds. The van der Waals surface area contributed by atoms with Crippen LogP contribution in [0.25, 0.3) is 0 Å². The van der Waals surface area contributed by atoms with Crippen LogP contribution in [0.15, 0.2) is 35.4 Å². The number of H-pyrrole nitrogens is 1. The second-order valence-corrected chi connectivity index (χ2v) is 6.14. The third kappa shape index (κ3) is 4.87. The smallest absolute Gasteiger partial charge is 0.250 e. The van der Waals surface area contributed by atoms with E-state index in [0.29, 0.717) is 13.0 Å². The maximum atomic E-state index is 13.5. The summed E-state index contributed by atoms with van der Waals surface area (Å²) < 4.78 is 24.4. The standard InChI is InChI=1S/C18H22FN3O3/c1-24-17-8-13(2-5-16(17)19)10-22-6-7-25-15(11-22)4-3-14-9-18(23)21-12-20-14/h2,5,8-9,12,15H,3-4,6-7,10-11H2,1H3,(H,20,21,23). The molecule has 0 spiro atoms. The van der Waals surface area contributed by atoms with Crippen molar-refractivity contribution in [2.24, 2.45) is 0 Å². The van der Waals surface area contributed by atoms with Crippen LogP contribution < -0.4 is 10.3 Å². The Kier molecular flexibility index (Phi) is 5.78. The molecular formula is C18H22FN3O3. The molecule has 1 aromatic heterocycles. The summed E-state index contributed by atoms with van der Waals surface area (Å²) in [4.78, 5) is 20.3. The summed E-state index contributed by atoms with van der Waals surface area (Å²) >= 11 is 0. The molecule has 1 aromatic carbocycles. The lowest BCUT2D eigenvalue weighted by Gasteiger charge is -2.33. The van der Waals surface area contributed by atoms with E-state index in [-0.39, 0.29) is 23.2 Å². The minimum Gasteiger partial charge on any atom is -0.494 e. The summed E-state index contributed by atoms with van der Waals surface area (Å²) in [5.41, 5.74) is 1.64. The minimum absolute atomic E-state index is 0.0946. The molecule has 2 heterocycles. The van der Waals surface area contributed by atoms with Crippen molar-refractivity contribution in [2.75, 3.05) is 26.8 Å². The van der Waals surface area contributed by atoms with Gasteiger partial charge in [-0.3, -0.25) is 9.69 Å². The average molecular weight is 347 g/mol. The highest BCUT2D eigenvalue weighted by Gasteiger charge is 2.21. The van der Waals surface area contributed by atoms with Crippen LogP contribution in [0.3, 0.4) is 0 Å². The SMILES string of the molecule is COc1cc(CN2CCOC(CCc3cc(=O)[nH]cn3)C2)ccc1F. The lowest BCUT2D eigenvalue weighted by molar-refractivity contribution is -0.0346. The topological polar surface area (TPSA) is 67.5 Å². The molecule has 0 aliphatic carbocycles. The van der Waals surface area contributed by atoms with Gasteiger partial charge in [0.05, 0.1) is 26.1 Å². The van der Waals surface area contributed by atoms with Gasteiger partial charge in [-0.2, -0.15) is 0 Å². The first-order chi connectivity index (χ1) is 12.1. The van der Waals surface area contributed by atoms with Crippen molar-refractivity contribution >= 4 is 0 Å². The van der Waals surface area contributed by atoms with E-state index in [2.05, 4.69) is 14.9 Å². The summed E-state index contributed by atoms with van der Waals surface area (Å²) in [6, 6.07) is 6.47. The fraction of sp³-hybridized carbons (Fsp3) is 0.444. The number of nitrogens with zero attached hydrogens (tertiary/aromatic N) is 2. The molecule has 0 bridgehead atoms. The van der Waals surface area contributed by atoms with Gasteiger partial charge in [0.25, 0.3) is 5.56 Å². The number of aromatic amines is 1. The second-order valence-electron chi connectivity index (χ2n) is 6.14. The molecule has 7 heteroatoms. The molecule has 0 saturated carbocycles. The lowest BCUT2D eigenvalue weighted by atomic mass is 10.1. The molecule has 2 aromatic rings. The number of nitrogens with one attached hydrogen (secondary N) is 1. The van der Waals surface area contributed by atoms with E-state index >= 15 is 0 Å². The Bertz CT molecular complexity index is 765. The van der Waals surface area contributed by atoms with Gasteiger partial charge in [0, 0.05) is 31.4 Å². The predicted molar refractivity (Wildman–Crippen MR) is 91.1 cm³/mol. The Balaban J connectivity index is 1.55. The first-order valence-electron chi connectivity index (χ1n) is 8.34.